The van der Waals surface area contributed by atoms with Gasteiger partial charge in [0.15, 0.2) is 0 Å². The Balaban J connectivity index is 0.000000256. The second kappa shape index (κ2) is 18.0. The van der Waals surface area contributed by atoms with E-state index in [9.17, 15) is 26.4 Å². The summed E-state index contributed by atoms with van der Waals surface area (Å²) in [5.74, 6) is -1.11. The van der Waals surface area contributed by atoms with Crippen LogP contribution < -0.4 is 0 Å². The highest BCUT2D eigenvalue weighted by Crippen LogP contribution is 2.34. The van der Waals surface area contributed by atoms with E-state index in [1.807, 2.05) is 0 Å². The Labute approximate surface area is 289 Å². The number of ether oxygens (including phenoxy) is 1. The van der Waals surface area contributed by atoms with Crippen molar-refractivity contribution in [3.63, 3.8) is 0 Å². The van der Waals surface area contributed by atoms with Crippen molar-refractivity contribution in [2.24, 2.45) is 0 Å². The zero-order valence-corrected chi connectivity index (χ0v) is 30.4. The van der Waals surface area contributed by atoms with Gasteiger partial charge >= 0.3 is 11.9 Å². The molecule has 2 aliphatic rings. The molecule has 2 heterocycles. The fourth-order valence-corrected chi connectivity index (χ4v) is 11.4. The fraction of sp³-hybridized carbons (Fsp3) is 0.576. The van der Waals surface area contributed by atoms with Gasteiger partial charge in [0, 0.05) is 38.0 Å². The number of carboxylic acid groups (broad SMARTS) is 1. The Bertz CT molecular complexity index is 1560. The average molecular weight is 734 g/mol. The van der Waals surface area contributed by atoms with Crippen LogP contribution in [0, 0.1) is 13.8 Å². The Kier molecular flexibility index (Phi) is 15.0. The molecule has 2 saturated heterocycles. The van der Waals surface area contributed by atoms with E-state index < -0.39 is 26.0 Å². The predicted octanol–water partition coefficient (Wildman–Crippen LogP) is 6.98. The summed E-state index contributed by atoms with van der Waals surface area (Å²) in [7, 11) is -5.95. The van der Waals surface area contributed by atoms with Crippen molar-refractivity contribution in [3.05, 3.63) is 57.6 Å². The summed E-state index contributed by atoms with van der Waals surface area (Å²) in [6.07, 6.45) is 7.88. The first-order chi connectivity index (χ1) is 22.2. The highest BCUT2D eigenvalue weighted by atomic mass is 35.5. The molecular weight excluding hydrogens is 687 g/mol. The maximum Gasteiger partial charge on any atom is 0.305 e. The highest BCUT2D eigenvalue weighted by molar-refractivity contribution is 7.89. The van der Waals surface area contributed by atoms with Crippen LogP contribution in [0.5, 0.6) is 0 Å². The number of carboxylic acids is 1. The van der Waals surface area contributed by atoms with Crippen LogP contribution in [0.3, 0.4) is 0 Å². The molecule has 0 aromatic heterocycles. The number of carbonyl (C=O) groups excluding carboxylic acids is 1. The maximum absolute atomic E-state index is 13.1. The lowest BCUT2D eigenvalue weighted by molar-refractivity contribution is -0.141. The second-order valence-electron chi connectivity index (χ2n) is 12.1. The standard InChI is InChI=1S/C17H24ClNO4S.C16H22ClNO4S/c1-13-7-5-10-15(18)17(13)24(21,22)19-12-4-3-8-14(19)9-6-11-16(20)23-2;1-12-6-4-9-14(17)16(12)23(21,22)18-11-3-2-7-13(18)8-5-10-15(19)20/h5,7,10,14H,3-4,6,8-9,11-12H2,1-2H3;4,6,9,13H,2-3,5,7-8,10-11H2,1H3,(H,19,20). The van der Waals surface area contributed by atoms with E-state index >= 15 is 0 Å². The molecule has 0 spiro atoms. The molecule has 0 saturated carbocycles. The summed E-state index contributed by atoms with van der Waals surface area (Å²) in [6, 6.07) is 9.94. The molecule has 0 radical (unpaired) electrons. The maximum atomic E-state index is 13.1. The minimum Gasteiger partial charge on any atom is -0.481 e. The second-order valence-corrected chi connectivity index (χ2v) is 16.5. The summed E-state index contributed by atoms with van der Waals surface area (Å²) < 4.78 is 60.1. The van der Waals surface area contributed by atoms with Gasteiger partial charge in [-0.05, 0) is 88.5 Å². The largest absolute Gasteiger partial charge is 0.481 e. The van der Waals surface area contributed by atoms with E-state index in [1.165, 1.54) is 11.4 Å². The normalized spacial score (nSPS) is 19.4. The summed E-state index contributed by atoms with van der Waals surface area (Å²) >= 11 is 12.3. The number of carbonyl (C=O) groups is 2. The van der Waals surface area contributed by atoms with Crippen LogP contribution in [0.2, 0.25) is 10.0 Å². The first kappa shape index (κ1) is 39.2. The van der Waals surface area contributed by atoms with Gasteiger partial charge in [-0.1, -0.05) is 60.3 Å². The van der Waals surface area contributed by atoms with E-state index in [0.29, 0.717) is 56.3 Å². The molecule has 0 bridgehead atoms. The minimum atomic E-state index is -3.67. The monoisotopic (exact) mass is 732 g/mol. The zero-order valence-electron chi connectivity index (χ0n) is 27.3. The lowest BCUT2D eigenvalue weighted by atomic mass is 10.00. The van der Waals surface area contributed by atoms with Crippen LogP contribution >= 0.6 is 23.2 Å². The molecule has 14 heteroatoms. The molecule has 1 N–H and O–H groups in total. The summed E-state index contributed by atoms with van der Waals surface area (Å²) in [4.78, 5) is 22.3. The van der Waals surface area contributed by atoms with E-state index in [2.05, 4.69) is 4.74 Å². The number of methoxy groups -OCH3 is 1. The average Bonchev–Trinajstić information content (AvgIpc) is 3.01. The molecule has 0 aliphatic carbocycles. The van der Waals surface area contributed by atoms with E-state index in [-0.39, 0.29) is 44.3 Å². The van der Waals surface area contributed by atoms with Crippen molar-refractivity contribution < 1.29 is 36.3 Å². The van der Waals surface area contributed by atoms with Crippen LogP contribution in [0.1, 0.15) is 88.2 Å². The van der Waals surface area contributed by atoms with E-state index in [0.717, 1.165) is 38.5 Å². The van der Waals surface area contributed by atoms with Gasteiger partial charge in [-0.25, -0.2) is 16.8 Å². The number of aryl methyl sites for hydroxylation is 2. The van der Waals surface area contributed by atoms with Crippen molar-refractivity contribution in [1.82, 2.24) is 8.61 Å². The molecule has 2 fully saturated rings. The lowest BCUT2D eigenvalue weighted by Crippen LogP contribution is -2.44. The van der Waals surface area contributed by atoms with Gasteiger partial charge in [-0.3, -0.25) is 9.59 Å². The molecular formula is C33H46Cl2N2O8S2. The quantitative estimate of drug-likeness (QED) is 0.231. The smallest absolute Gasteiger partial charge is 0.305 e. The van der Waals surface area contributed by atoms with Crippen LogP contribution in [0.25, 0.3) is 0 Å². The summed E-state index contributed by atoms with van der Waals surface area (Å²) in [5, 5.41) is 9.26. The van der Waals surface area contributed by atoms with Gasteiger partial charge in [0.2, 0.25) is 20.0 Å². The van der Waals surface area contributed by atoms with Gasteiger partial charge in [0.1, 0.15) is 9.79 Å². The Morgan fingerprint density at radius 2 is 1.19 bits per heavy atom. The third-order valence-corrected chi connectivity index (χ3v) is 13.8. The Morgan fingerprint density at radius 1 is 0.766 bits per heavy atom. The minimum absolute atomic E-state index is 0.0650. The number of halogens is 2. The number of piperidine rings is 2. The van der Waals surface area contributed by atoms with Gasteiger partial charge in [0.25, 0.3) is 0 Å². The first-order valence-corrected chi connectivity index (χ1v) is 19.7. The van der Waals surface area contributed by atoms with Crippen LogP contribution in [-0.2, 0) is 34.4 Å². The molecule has 0 amide bonds. The topological polar surface area (TPSA) is 138 Å². The van der Waals surface area contributed by atoms with Gasteiger partial charge in [-0.2, -0.15) is 8.61 Å². The van der Waals surface area contributed by atoms with Crippen LogP contribution in [0.4, 0.5) is 0 Å². The number of aliphatic carboxylic acids is 1. The Hall–Kier alpha value is -2.22. The third kappa shape index (κ3) is 10.4. The van der Waals surface area contributed by atoms with Gasteiger partial charge in [0.05, 0.1) is 17.2 Å². The van der Waals surface area contributed by atoms with Gasteiger partial charge in [-0.15, -0.1) is 0 Å². The number of rotatable bonds is 12. The molecule has 2 unspecified atom stereocenters. The summed E-state index contributed by atoms with van der Waals surface area (Å²) in [5.41, 5.74) is 1.29. The molecule has 47 heavy (non-hydrogen) atoms. The number of hydrogen-bond donors (Lipinski definition) is 1. The van der Waals surface area contributed by atoms with Crippen molar-refractivity contribution in [2.75, 3.05) is 20.2 Å². The van der Waals surface area contributed by atoms with E-state index in [4.69, 9.17) is 28.3 Å². The van der Waals surface area contributed by atoms with Crippen molar-refractivity contribution in [1.29, 1.82) is 0 Å². The highest BCUT2D eigenvalue weighted by Gasteiger charge is 2.36. The number of hydrogen-bond acceptors (Lipinski definition) is 7. The van der Waals surface area contributed by atoms with Crippen molar-refractivity contribution >= 4 is 55.2 Å². The van der Waals surface area contributed by atoms with Crippen molar-refractivity contribution in [2.45, 2.75) is 113 Å². The number of benzene rings is 2. The van der Waals surface area contributed by atoms with Gasteiger partial charge < -0.3 is 9.84 Å². The molecule has 2 atom stereocenters. The van der Waals surface area contributed by atoms with Crippen LogP contribution in [0.15, 0.2) is 46.2 Å². The summed E-state index contributed by atoms with van der Waals surface area (Å²) in [6.45, 7) is 4.46. The lowest BCUT2D eigenvalue weighted by Gasteiger charge is -2.35. The first-order valence-electron chi connectivity index (χ1n) is 16.0. The fourth-order valence-electron chi connectivity index (χ4n) is 6.35. The SMILES string of the molecule is COC(=O)CCCC1CCCCN1S(=O)(=O)c1c(C)cccc1Cl.Cc1cccc(Cl)c1S(=O)(=O)N1CCCCC1CCCC(=O)O. The number of esters is 1. The molecule has 262 valence electrons. The van der Waals surface area contributed by atoms with Crippen LogP contribution in [-0.4, -0.2) is 74.8 Å². The molecule has 2 aromatic carbocycles. The van der Waals surface area contributed by atoms with E-state index in [1.54, 1.807) is 54.6 Å². The number of sulfonamides is 2. The zero-order chi connectivity index (χ0) is 34.8. The predicted molar refractivity (Wildman–Crippen MR) is 183 cm³/mol. The molecule has 2 aliphatic heterocycles. The molecule has 10 nitrogen and oxygen atoms in total. The number of nitrogens with zero attached hydrogens (tertiary/aromatic N) is 2. The Morgan fingerprint density at radius 3 is 1.57 bits per heavy atom. The molecule has 2 aromatic rings. The van der Waals surface area contributed by atoms with Crippen molar-refractivity contribution in [3.8, 4) is 0 Å². The molecule has 4 rings (SSSR count). The third-order valence-electron chi connectivity index (χ3n) is 8.68.